The number of halogens is 1. The predicted octanol–water partition coefficient (Wildman–Crippen LogP) is 3.26. The van der Waals surface area contributed by atoms with Gasteiger partial charge in [0.05, 0.1) is 7.11 Å². The number of hydrogen-bond acceptors (Lipinski definition) is 2. The predicted molar refractivity (Wildman–Crippen MR) is 77.5 cm³/mol. The van der Waals surface area contributed by atoms with Crippen LogP contribution in [-0.4, -0.2) is 13.7 Å². The minimum atomic E-state index is -0.188. The summed E-state index contributed by atoms with van der Waals surface area (Å²) in [5.41, 5.74) is 3.40. The van der Waals surface area contributed by atoms with Gasteiger partial charge in [0, 0.05) is 25.1 Å². The molecule has 3 heteroatoms. The van der Waals surface area contributed by atoms with Crippen LogP contribution in [0.25, 0.3) is 0 Å². The molecule has 104 valence electrons. The second-order valence-electron chi connectivity index (χ2n) is 5.19. The lowest BCUT2D eigenvalue weighted by Gasteiger charge is -2.26. The van der Waals surface area contributed by atoms with Crippen LogP contribution in [0.5, 0.6) is 5.75 Å². The van der Waals surface area contributed by atoms with Gasteiger partial charge >= 0.3 is 0 Å². The molecule has 1 N–H and O–H groups in total. The molecule has 0 saturated carbocycles. The summed E-state index contributed by atoms with van der Waals surface area (Å²) in [6.07, 6.45) is 0.708. The fraction of sp³-hybridized carbons (Fsp3) is 0.294. The maximum absolute atomic E-state index is 14.1. The molecule has 1 heterocycles. The summed E-state index contributed by atoms with van der Waals surface area (Å²) in [5, 5.41) is 3.41. The first-order valence-corrected chi connectivity index (χ1v) is 6.89. The Morgan fingerprint density at radius 1 is 1.25 bits per heavy atom. The largest absolute Gasteiger partial charge is 0.497 e. The quantitative estimate of drug-likeness (QED) is 0.925. The normalized spacial score (nSPS) is 17.6. The summed E-state index contributed by atoms with van der Waals surface area (Å²) in [4.78, 5) is 0. The van der Waals surface area contributed by atoms with Crippen molar-refractivity contribution < 1.29 is 9.13 Å². The van der Waals surface area contributed by atoms with Gasteiger partial charge in [-0.3, -0.25) is 0 Å². The van der Waals surface area contributed by atoms with Gasteiger partial charge in [-0.1, -0.05) is 30.3 Å². The number of ether oxygens (including phenoxy) is 1. The van der Waals surface area contributed by atoms with E-state index >= 15 is 0 Å². The van der Waals surface area contributed by atoms with Crippen LogP contribution in [0.4, 0.5) is 4.39 Å². The summed E-state index contributed by atoms with van der Waals surface area (Å²) < 4.78 is 19.1. The maximum Gasteiger partial charge on any atom is 0.130 e. The molecular weight excluding hydrogens is 253 g/mol. The average molecular weight is 271 g/mol. The highest BCUT2D eigenvalue weighted by Crippen LogP contribution is 2.28. The van der Waals surface area contributed by atoms with E-state index in [4.69, 9.17) is 4.74 Å². The van der Waals surface area contributed by atoms with E-state index in [9.17, 15) is 4.39 Å². The Kier molecular flexibility index (Phi) is 3.70. The Morgan fingerprint density at radius 3 is 2.90 bits per heavy atom. The highest BCUT2D eigenvalue weighted by Gasteiger charge is 2.20. The first-order chi connectivity index (χ1) is 9.78. The molecule has 0 saturated heterocycles. The Hall–Kier alpha value is -1.87. The Bertz CT molecular complexity index is 612. The summed E-state index contributed by atoms with van der Waals surface area (Å²) >= 11 is 0. The van der Waals surface area contributed by atoms with E-state index in [1.165, 1.54) is 17.2 Å². The van der Waals surface area contributed by atoms with Crippen LogP contribution in [-0.2, 0) is 13.0 Å². The zero-order valence-electron chi connectivity index (χ0n) is 11.5. The van der Waals surface area contributed by atoms with Crippen molar-refractivity contribution in [3.63, 3.8) is 0 Å². The molecule has 3 rings (SSSR count). The van der Waals surface area contributed by atoms with E-state index in [1.54, 1.807) is 7.11 Å². The SMILES string of the molecule is COc1ccc(CC2CNCc3ccccc32)c(F)c1. The molecule has 0 radical (unpaired) electrons. The van der Waals surface area contributed by atoms with Gasteiger partial charge in [-0.2, -0.15) is 0 Å². The lowest BCUT2D eigenvalue weighted by molar-refractivity contribution is 0.410. The molecule has 20 heavy (non-hydrogen) atoms. The molecule has 0 spiro atoms. The molecule has 0 aliphatic carbocycles. The number of fused-ring (bicyclic) bond motifs is 1. The van der Waals surface area contributed by atoms with Crippen LogP contribution in [0.3, 0.4) is 0 Å². The Balaban J connectivity index is 1.85. The Morgan fingerprint density at radius 2 is 2.10 bits per heavy atom. The lowest BCUT2D eigenvalue weighted by atomic mass is 9.86. The molecule has 1 aliphatic heterocycles. The maximum atomic E-state index is 14.1. The fourth-order valence-corrected chi connectivity index (χ4v) is 2.85. The van der Waals surface area contributed by atoms with Crippen molar-refractivity contribution >= 4 is 0 Å². The number of benzene rings is 2. The van der Waals surface area contributed by atoms with E-state index in [2.05, 4.69) is 29.6 Å². The van der Waals surface area contributed by atoms with E-state index in [1.807, 2.05) is 12.1 Å². The summed E-state index contributed by atoms with van der Waals surface area (Å²) in [7, 11) is 1.55. The van der Waals surface area contributed by atoms with Crippen LogP contribution in [0, 0.1) is 5.82 Å². The van der Waals surface area contributed by atoms with Crippen LogP contribution >= 0.6 is 0 Å². The molecule has 2 nitrogen and oxygen atoms in total. The van der Waals surface area contributed by atoms with Gasteiger partial charge in [0.2, 0.25) is 0 Å². The van der Waals surface area contributed by atoms with Crippen molar-refractivity contribution in [1.29, 1.82) is 0 Å². The third-order valence-electron chi connectivity index (χ3n) is 3.93. The van der Waals surface area contributed by atoms with E-state index in [-0.39, 0.29) is 5.82 Å². The van der Waals surface area contributed by atoms with Gasteiger partial charge in [-0.15, -0.1) is 0 Å². The molecule has 1 aliphatic rings. The zero-order valence-corrected chi connectivity index (χ0v) is 11.5. The first-order valence-electron chi connectivity index (χ1n) is 6.89. The van der Waals surface area contributed by atoms with Gasteiger partial charge in [0.1, 0.15) is 11.6 Å². The molecule has 0 bridgehead atoms. The van der Waals surface area contributed by atoms with Crippen molar-refractivity contribution in [3.05, 3.63) is 65.0 Å². The molecule has 1 unspecified atom stereocenters. The van der Waals surface area contributed by atoms with Crippen molar-refractivity contribution in [2.45, 2.75) is 18.9 Å². The van der Waals surface area contributed by atoms with E-state index in [0.717, 1.165) is 18.7 Å². The van der Waals surface area contributed by atoms with Crippen LogP contribution in [0.2, 0.25) is 0 Å². The van der Waals surface area contributed by atoms with Gasteiger partial charge in [0.25, 0.3) is 0 Å². The summed E-state index contributed by atoms with van der Waals surface area (Å²) in [6.45, 7) is 1.79. The van der Waals surface area contributed by atoms with Gasteiger partial charge in [-0.05, 0) is 29.2 Å². The molecule has 0 amide bonds. The minimum Gasteiger partial charge on any atom is -0.497 e. The zero-order chi connectivity index (χ0) is 13.9. The lowest BCUT2D eigenvalue weighted by Crippen LogP contribution is -2.29. The molecule has 0 fully saturated rings. The van der Waals surface area contributed by atoms with Crippen LogP contribution in [0.15, 0.2) is 42.5 Å². The van der Waals surface area contributed by atoms with Crippen molar-refractivity contribution in [2.75, 3.05) is 13.7 Å². The van der Waals surface area contributed by atoms with Gasteiger partial charge < -0.3 is 10.1 Å². The molecular formula is C17H18FNO. The first kappa shape index (κ1) is 13.1. The standard InChI is InChI=1S/C17H18FNO/c1-20-15-7-6-12(17(18)9-15)8-14-11-19-10-13-4-2-3-5-16(13)14/h2-7,9,14,19H,8,10-11H2,1H3. The number of rotatable bonds is 3. The van der Waals surface area contributed by atoms with E-state index < -0.39 is 0 Å². The molecule has 2 aromatic rings. The van der Waals surface area contributed by atoms with Gasteiger partial charge in [-0.25, -0.2) is 4.39 Å². The second kappa shape index (κ2) is 5.63. The third-order valence-corrected chi connectivity index (χ3v) is 3.93. The van der Waals surface area contributed by atoms with Crippen LogP contribution < -0.4 is 10.1 Å². The monoisotopic (exact) mass is 271 g/mol. The van der Waals surface area contributed by atoms with Crippen LogP contribution in [0.1, 0.15) is 22.6 Å². The fourth-order valence-electron chi connectivity index (χ4n) is 2.85. The smallest absolute Gasteiger partial charge is 0.130 e. The summed E-state index contributed by atoms with van der Waals surface area (Å²) in [6, 6.07) is 13.5. The van der Waals surface area contributed by atoms with Crippen molar-refractivity contribution in [1.82, 2.24) is 5.32 Å². The molecule has 1 atom stereocenters. The van der Waals surface area contributed by atoms with E-state index in [0.29, 0.717) is 18.1 Å². The third kappa shape index (κ3) is 2.54. The number of methoxy groups -OCH3 is 1. The number of nitrogens with one attached hydrogen (secondary N) is 1. The number of hydrogen-bond donors (Lipinski definition) is 1. The molecule has 0 aromatic heterocycles. The molecule has 2 aromatic carbocycles. The average Bonchev–Trinajstić information content (AvgIpc) is 2.49. The van der Waals surface area contributed by atoms with Crippen molar-refractivity contribution in [2.24, 2.45) is 0 Å². The van der Waals surface area contributed by atoms with Crippen molar-refractivity contribution in [3.8, 4) is 5.75 Å². The van der Waals surface area contributed by atoms with Gasteiger partial charge in [0.15, 0.2) is 0 Å². The highest BCUT2D eigenvalue weighted by molar-refractivity contribution is 5.36. The second-order valence-corrected chi connectivity index (χ2v) is 5.19. The minimum absolute atomic E-state index is 0.188. The topological polar surface area (TPSA) is 21.3 Å². The summed E-state index contributed by atoms with van der Waals surface area (Å²) in [5.74, 6) is 0.698. The highest BCUT2D eigenvalue weighted by atomic mass is 19.1. The Labute approximate surface area is 118 Å².